The predicted octanol–water partition coefficient (Wildman–Crippen LogP) is 3.31. The Hall–Kier alpha value is -2.69. The van der Waals surface area contributed by atoms with E-state index in [1.54, 1.807) is 14.2 Å². The van der Waals surface area contributed by atoms with Crippen molar-refractivity contribution in [1.82, 2.24) is 0 Å². The SMILES string of the molecule is COc1ccc([C@@H]2Oc3cc(OC)ccc3C[C@H]2OC(C)=O)cc1. The van der Waals surface area contributed by atoms with Gasteiger partial charge in [0.1, 0.15) is 23.4 Å². The van der Waals surface area contributed by atoms with E-state index in [1.165, 1.54) is 6.92 Å². The smallest absolute Gasteiger partial charge is 0.303 e. The van der Waals surface area contributed by atoms with Crippen LogP contribution in [0.4, 0.5) is 0 Å². The fourth-order valence-electron chi connectivity index (χ4n) is 2.87. The summed E-state index contributed by atoms with van der Waals surface area (Å²) >= 11 is 0. The Balaban J connectivity index is 1.94. The molecule has 0 fully saturated rings. The molecule has 5 nitrogen and oxygen atoms in total. The minimum atomic E-state index is -0.378. The Bertz CT molecular complexity index is 723. The first kappa shape index (κ1) is 16.2. The molecule has 0 unspecified atom stereocenters. The zero-order chi connectivity index (χ0) is 17.1. The molecule has 0 saturated carbocycles. The van der Waals surface area contributed by atoms with Crippen LogP contribution in [0, 0.1) is 0 Å². The standard InChI is InChI=1S/C19H20O5/c1-12(20)23-18-10-14-6-9-16(22-3)11-17(14)24-19(18)13-4-7-15(21-2)8-5-13/h4-9,11,18-19H,10H2,1-3H3/t18-,19+/m1/s1. The van der Waals surface area contributed by atoms with Crippen LogP contribution in [0.3, 0.4) is 0 Å². The normalized spacial score (nSPS) is 19.0. The lowest BCUT2D eigenvalue weighted by molar-refractivity contribution is -0.152. The second kappa shape index (κ2) is 6.83. The molecular weight excluding hydrogens is 308 g/mol. The molecule has 126 valence electrons. The van der Waals surface area contributed by atoms with Crippen molar-refractivity contribution in [2.45, 2.75) is 25.6 Å². The Labute approximate surface area is 141 Å². The van der Waals surface area contributed by atoms with Crippen LogP contribution in [-0.4, -0.2) is 26.3 Å². The molecule has 5 heteroatoms. The van der Waals surface area contributed by atoms with Crippen molar-refractivity contribution in [3.63, 3.8) is 0 Å². The topological polar surface area (TPSA) is 54.0 Å². The Morgan fingerprint density at radius 3 is 2.33 bits per heavy atom. The summed E-state index contributed by atoms with van der Waals surface area (Å²) in [6.07, 6.45) is -0.161. The summed E-state index contributed by atoms with van der Waals surface area (Å²) in [6, 6.07) is 13.2. The number of methoxy groups -OCH3 is 2. The zero-order valence-electron chi connectivity index (χ0n) is 13.9. The second-order valence-electron chi connectivity index (χ2n) is 5.64. The molecule has 0 N–H and O–H groups in total. The summed E-state index contributed by atoms with van der Waals surface area (Å²) in [5, 5.41) is 0. The minimum absolute atomic E-state index is 0.320. The fourth-order valence-corrected chi connectivity index (χ4v) is 2.87. The summed E-state index contributed by atoms with van der Waals surface area (Å²) in [7, 11) is 3.24. The maximum atomic E-state index is 11.5. The maximum absolute atomic E-state index is 11.5. The Morgan fingerprint density at radius 2 is 1.71 bits per heavy atom. The number of carbonyl (C=O) groups excluding carboxylic acids is 1. The van der Waals surface area contributed by atoms with Crippen LogP contribution in [0.5, 0.6) is 17.2 Å². The molecule has 0 aromatic heterocycles. The van der Waals surface area contributed by atoms with Crippen molar-refractivity contribution in [3.8, 4) is 17.2 Å². The van der Waals surface area contributed by atoms with Gasteiger partial charge in [-0.25, -0.2) is 0 Å². The highest BCUT2D eigenvalue weighted by Crippen LogP contribution is 2.38. The maximum Gasteiger partial charge on any atom is 0.303 e. The monoisotopic (exact) mass is 328 g/mol. The van der Waals surface area contributed by atoms with Crippen LogP contribution in [-0.2, 0) is 16.0 Å². The Morgan fingerprint density at radius 1 is 1.04 bits per heavy atom. The number of benzene rings is 2. The molecular formula is C19H20O5. The van der Waals surface area contributed by atoms with Crippen LogP contribution in [0.2, 0.25) is 0 Å². The van der Waals surface area contributed by atoms with E-state index in [0.717, 1.165) is 28.4 Å². The summed E-state index contributed by atoms with van der Waals surface area (Å²) in [5.74, 6) is 1.92. The predicted molar refractivity (Wildman–Crippen MR) is 88.6 cm³/mol. The van der Waals surface area contributed by atoms with Crippen molar-refractivity contribution < 1.29 is 23.7 Å². The van der Waals surface area contributed by atoms with Gasteiger partial charge >= 0.3 is 5.97 Å². The quantitative estimate of drug-likeness (QED) is 0.806. The van der Waals surface area contributed by atoms with E-state index in [2.05, 4.69) is 0 Å². The van der Waals surface area contributed by atoms with Crippen LogP contribution < -0.4 is 14.2 Å². The van der Waals surface area contributed by atoms with E-state index in [0.29, 0.717) is 6.42 Å². The number of rotatable bonds is 4. The highest BCUT2D eigenvalue weighted by molar-refractivity contribution is 5.66. The molecule has 0 spiro atoms. The van der Waals surface area contributed by atoms with Crippen LogP contribution in [0.1, 0.15) is 24.2 Å². The highest BCUT2D eigenvalue weighted by Gasteiger charge is 2.34. The largest absolute Gasteiger partial charge is 0.497 e. The molecule has 1 aliphatic rings. The molecule has 2 atom stereocenters. The first-order valence-corrected chi connectivity index (χ1v) is 7.75. The average Bonchev–Trinajstić information content (AvgIpc) is 2.60. The number of hydrogen-bond acceptors (Lipinski definition) is 5. The van der Waals surface area contributed by atoms with Gasteiger partial charge in [0.15, 0.2) is 6.10 Å². The average molecular weight is 328 g/mol. The van der Waals surface area contributed by atoms with Crippen molar-refractivity contribution in [2.75, 3.05) is 14.2 Å². The highest BCUT2D eigenvalue weighted by atomic mass is 16.6. The van der Waals surface area contributed by atoms with E-state index in [1.807, 2.05) is 42.5 Å². The van der Waals surface area contributed by atoms with Crippen molar-refractivity contribution in [2.24, 2.45) is 0 Å². The molecule has 1 heterocycles. The Kier molecular flexibility index (Phi) is 4.60. The molecule has 3 rings (SSSR count). The molecule has 0 aliphatic carbocycles. The first-order chi connectivity index (χ1) is 11.6. The molecule has 0 radical (unpaired) electrons. The van der Waals surface area contributed by atoms with E-state index >= 15 is 0 Å². The summed E-state index contributed by atoms with van der Waals surface area (Å²) in [4.78, 5) is 11.5. The first-order valence-electron chi connectivity index (χ1n) is 7.75. The molecule has 0 saturated heterocycles. The second-order valence-corrected chi connectivity index (χ2v) is 5.64. The number of esters is 1. The summed E-state index contributed by atoms with van der Waals surface area (Å²) < 4.78 is 22.1. The number of fused-ring (bicyclic) bond motifs is 1. The third-order valence-electron chi connectivity index (χ3n) is 4.05. The van der Waals surface area contributed by atoms with Crippen LogP contribution >= 0.6 is 0 Å². The lowest BCUT2D eigenvalue weighted by Crippen LogP contribution is -2.34. The molecule has 24 heavy (non-hydrogen) atoms. The summed E-state index contributed by atoms with van der Waals surface area (Å²) in [6.45, 7) is 1.41. The number of carbonyl (C=O) groups is 1. The van der Waals surface area contributed by atoms with Gasteiger partial charge in [0.2, 0.25) is 0 Å². The van der Waals surface area contributed by atoms with E-state index < -0.39 is 0 Å². The molecule has 0 bridgehead atoms. The van der Waals surface area contributed by atoms with Crippen LogP contribution in [0.25, 0.3) is 0 Å². The van der Waals surface area contributed by atoms with Gasteiger partial charge in [-0.3, -0.25) is 4.79 Å². The van der Waals surface area contributed by atoms with Gasteiger partial charge in [0, 0.05) is 19.4 Å². The summed E-state index contributed by atoms with van der Waals surface area (Å²) in [5.41, 5.74) is 1.92. The van der Waals surface area contributed by atoms with E-state index in [9.17, 15) is 4.79 Å². The van der Waals surface area contributed by atoms with Crippen molar-refractivity contribution >= 4 is 5.97 Å². The van der Waals surface area contributed by atoms with Gasteiger partial charge in [0.25, 0.3) is 0 Å². The van der Waals surface area contributed by atoms with E-state index in [4.69, 9.17) is 18.9 Å². The molecule has 1 aliphatic heterocycles. The van der Waals surface area contributed by atoms with Gasteiger partial charge < -0.3 is 18.9 Å². The van der Waals surface area contributed by atoms with Gasteiger partial charge in [-0.1, -0.05) is 18.2 Å². The van der Waals surface area contributed by atoms with Gasteiger partial charge in [-0.2, -0.15) is 0 Å². The number of hydrogen-bond donors (Lipinski definition) is 0. The van der Waals surface area contributed by atoms with Crippen LogP contribution in [0.15, 0.2) is 42.5 Å². The van der Waals surface area contributed by atoms with Gasteiger partial charge in [0.05, 0.1) is 14.2 Å². The van der Waals surface area contributed by atoms with E-state index in [-0.39, 0.29) is 18.2 Å². The third kappa shape index (κ3) is 3.30. The molecule has 2 aromatic rings. The molecule has 2 aromatic carbocycles. The third-order valence-corrected chi connectivity index (χ3v) is 4.05. The minimum Gasteiger partial charge on any atom is -0.497 e. The molecule has 0 amide bonds. The van der Waals surface area contributed by atoms with Crippen molar-refractivity contribution in [1.29, 1.82) is 0 Å². The lowest BCUT2D eigenvalue weighted by Gasteiger charge is -2.33. The van der Waals surface area contributed by atoms with Crippen molar-refractivity contribution in [3.05, 3.63) is 53.6 Å². The lowest BCUT2D eigenvalue weighted by atomic mass is 9.94. The fraction of sp³-hybridized carbons (Fsp3) is 0.316. The van der Waals surface area contributed by atoms with Gasteiger partial charge in [-0.15, -0.1) is 0 Å². The number of ether oxygens (including phenoxy) is 4. The zero-order valence-corrected chi connectivity index (χ0v) is 13.9. The van der Waals surface area contributed by atoms with Gasteiger partial charge in [-0.05, 0) is 29.3 Å².